The van der Waals surface area contributed by atoms with E-state index in [0.717, 1.165) is 60.9 Å². The Hall–Kier alpha value is -6.73. The number of rotatable bonds is 3. The van der Waals surface area contributed by atoms with Crippen LogP contribution in [0.3, 0.4) is 0 Å². The van der Waals surface area contributed by atoms with E-state index < -0.39 is 0 Å². The fourth-order valence-corrected chi connectivity index (χ4v) is 8.80. The lowest BCUT2D eigenvalue weighted by Gasteiger charge is -2.18. The first-order chi connectivity index (χ1) is 24.2. The smallest absolute Gasteiger partial charge is 0.0991 e. The van der Waals surface area contributed by atoms with Gasteiger partial charge in [-0.25, -0.2) is 0 Å². The van der Waals surface area contributed by atoms with Gasteiger partial charge in [0, 0.05) is 49.0 Å². The highest BCUT2D eigenvalue weighted by Gasteiger charge is 2.22. The van der Waals surface area contributed by atoms with Gasteiger partial charge < -0.3 is 9.13 Å². The van der Waals surface area contributed by atoms with Crippen LogP contribution < -0.4 is 0 Å². The Morgan fingerprint density at radius 3 is 1.76 bits per heavy atom. The first kappa shape index (κ1) is 27.4. The maximum absolute atomic E-state index is 9.74. The number of nitriles is 2. The van der Waals surface area contributed by atoms with Crippen LogP contribution in [0.1, 0.15) is 11.1 Å². The van der Waals surface area contributed by atoms with Crippen molar-refractivity contribution >= 4 is 75.3 Å². The molecular formula is C43H23N5S. The van der Waals surface area contributed by atoms with E-state index in [0.29, 0.717) is 11.1 Å². The molecule has 0 bridgehead atoms. The van der Waals surface area contributed by atoms with Crippen LogP contribution in [-0.2, 0) is 0 Å². The molecule has 0 radical (unpaired) electrons. The van der Waals surface area contributed by atoms with E-state index >= 15 is 0 Å². The summed E-state index contributed by atoms with van der Waals surface area (Å²) >= 11 is 1.80. The number of fused-ring (bicyclic) bond motifs is 10. The van der Waals surface area contributed by atoms with Gasteiger partial charge in [0.1, 0.15) is 0 Å². The summed E-state index contributed by atoms with van der Waals surface area (Å²) in [5.41, 5.74) is 10.7. The minimum absolute atomic E-state index is 0.586. The molecule has 0 fully saturated rings. The zero-order chi connectivity index (χ0) is 32.6. The Bertz CT molecular complexity index is 3020. The zero-order valence-electron chi connectivity index (χ0n) is 25.9. The van der Waals surface area contributed by atoms with Crippen LogP contribution in [0.25, 0.3) is 86.4 Å². The van der Waals surface area contributed by atoms with E-state index in [2.05, 4.69) is 112 Å². The van der Waals surface area contributed by atoms with Crippen molar-refractivity contribution in [2.75, 3.05) is 0 Å². The molecule has 10 aromatic rings. The molecule has 0 aliphatic rings. The fraction of sp³-hybridized carbons (Fsp3) is 0. The lowest BCUT2D eigenvalue weighted by Crippen LogP contribution is -2.01. The molecule has 0 aliphatic heterocycles. The fourth-order valence-electron chi connectivity index (χ4n) is 7.58. The number of benzene rings is 6. The van der Waals surface area contributed by atoms with Gasteiger partial charge in [-0.3, -0.25) is 4.98 Å². The Labute approximate surface area is 284 Å². The summed E-state index contributed by atoms with van der Waals surface area (Å²) in [5.74, 6) is 0. The van der Waals surface area contributed by atoms with E-state index in [1.807, 2.05) is 48.7 Å². The average Bonchev–Trinajstić information content (AvgIpc) is 3.81. The van der Waals surface area contributed by atoms with Gasteiger partial charge in [-0.05, 0) is 78.9 Å². The maximum atomic E-state index is 9.74. The van der Waals surface area contributed by atoms with Crippen LogP contribution in [0, 0.1) is 22.7 Å². The summed E-state index contributed by atoms with van der Waals surface area (Å²) in [6.07, 6.45) is 1.87. The lowest BCUT2D eigenvalue weighted by atomic mass is 10.0. The molecule has 0 aliphatic carbocycles. The number of thiophene rings is 1. The zero-order valence-corrected chi connectivity index (χ0v) is 26.7. The SMILES string of the molecule is N#Cc1ccc2c(c1)c1cc(C#N)ccc1n2-c1ccccc1-c1ccccc1-n1c2ccccc2c2c3sc4cccnc4c3ccc21. The topological polar surface area (TPSA) is 70.3 Å². The Morgan fingerprint density at radius 2 is 1.08 bits per heavy atom. The van der Waals surface area contributed by atoms with E-state index in [9.17, 15) is 10.5 Å². The lowest BCUT2D eigenvalue weighted by molar-refractivity contribution is 1.16. The van der Waals surface area contributed by atoms with Crippen LogP contribution in [0.5, 0.6) is 0 Å². The molecule has 226 valence electrons. The Morgan fingerprint density at radius 1 is 0.510 bits per heavy atom. The molecule has 4 aromatic heterocycles. The standard InChI is InChI=1S/C43H23N5S/c44-24-26-15-18-37-32(22-26)33-23-27(25-45)16-19-38(33)47(37)34-11-4-1-8-28(34)29-9-2-5-12-35(29)48-36-13-6-3-10-30(36)41-39(48)20-17-31-42-40(49-43(31)41)14-7-21-46-42/h1-23H. The summed E-state index contributed by atoms with van der Waals surface area (Å²) < 4.78 is 7.10. The summed E-state index contributed by atoms with van der Waals surface area (Å²) in [6, 6.07) is 50.6. The highest BCUT2D eigenvalue weighted by Crippen LogP contribution is 2.45. The molecular weight excluding hydrogens is 619 g/mol. The van der Waals surface area contributed by atoms with Gasteiger partial charge in [-0.1, -0.05) is 54.6 Å². The van der Waals surface area contributed by atoms with Crippen molar-refractivity contribution in [1.29, 1.82) is 10.5 Å². The third-order valence-corrected chi connectivity index (χ3v) is 10.8. The number of hydrogen-bond acceptors (Lipinski definition) is 4. The van der Waals surface area contributed by atoms with E-state index in [-0.39, 0.29) is 0 Å². The van der Waals surface area contributed by atoms with Crippen molar-refractivity contribution in [3.8, 4) is 34.6 Å². The first-order valence-electron chi connectivity index (χ1n) is 16.0. The van der Waals surface area contributed by atoms with Crippen molar-refractivity contribution in [3.63, 3.8) is 0 Å². The second-order valence-corrected chi connectivity index (χ2v) is 13.3. The van der Waals surface area contributed by atoms with Crippen LogP contribution in [0.4, 0.5) is 0 Å². The molecule has 0 saturated carbocycles. The maximum Gasteiger partial charge on any atom is 0.0991 e. The van der Waals surface area contributed by atoms with E-state index in [4.69, 9.17) is 4.98 Å². The molecule has 6 aromatic carbocycles. The van der Waals surface area contributed by atoms with Gasteiger partial charge in [0.05, 0.1) is 66.9 Å². The number of para-hydroxylation sites is 3. The first-order valence-corrected chi connectivity index (χ1v) is 16.8. The predicted octanol–water partition coefficient (Wildman–Crippen LogP) is 11.1. The van der Waals surface area contributed by atoms with Crippen molar-refractivity contribution in [2.24, 2.45) is 0 Å². The number of pyridine rings is 1. The molecule has 6 heteroatoms. The summed E-state index contributed by atoms with van der Waals surface area (Å²) in [4.78, 5) is 4.74. The van der Waals surface area contributed by atoms with Gasteiger partial charge in [0.2, 0.25) is 0 Å². The van der Waals surface area contributed by atoms with Crippen molar-refractivity contribution in [3.05, 3.63) is 151 Å². The minimum atomic E-state index is 0.586. The van der Waals surface area contributed by atoms with E-state index in [1.54, 1.807) is 11.3 Å². The third kappa shape index (κ3) is 3.87. The molecule has 10 rings (SSSR count). The highest BCUT2D eigenvalue weighted by atomic mass is 32.1. The van der Waals surface area contributed by atoms with Gasteiger partial charge in [0.25, 0.3) is 0 Å². The monoisotopic (exact) mass is 641 g/mol. The van der Waals surface area contributed by atoms with Crippen LogP contribution in [0.15, 0.2) is 140 Å². The van der Waals surface area contributed by atoms with Crippen LogP contribution >= 0.6 is 11.3 Å². The molecule has 0 atom stereocenters. The van der Waals surface area contributed by atoms with Gasteiger partial charge in [-0.2, -0.15) is 10.5 Å². The number of aromatic nitrogens is 3. The summed E-state index contributed by atoms with van der Waals surface area (Å²) in [7, 11) is 0. The van der Waals surface area contributed by atoms with Gasteiger partial charge in [-0.15, -0.1) is 11.3 Å². The molecule has 49 heavy (non-hydrogen) atoms. The highest BCUT2D eigenvalue weighted by molar-refractivity contribution is 7.26. The van der Waals surface area contributed by atoms with Crippen LogP contribution in [-0.4, -0.2) is 14.1 Å². The number of nitrogens with zero attached hydrogens (tertiary/aromatic N) is 5. The van der Waals surface area contributed by atoms with Gasteiger partial charge >= 0.3 is 0 Å². The van der Waals surface area contributed by atoms with Gasteiger partial charge in [0.15, 0.2) is 0 Å². The normalized spacial score (nSPS) is 11.6. The Kier molecular flexibility index (Phi) is 5.81. The number of hydrogen-bond donors (Lipinski definition) is 0. The molecule has 0 unspecified atom stereocenters. The Balaban J connectivity index is 1.28. The molecule has 5 nitrogen and oxygen atoms in total. The summed E-state index contributed by atoms with van der Waals surface area (Å²) in [6.45, 7) is 0. The van der Waals surface area contributed by atoms with Crippen molar-refractivity contribution in [1.82, 2.24) is 14.1 Å². The van der Waals surface area contributed by atoms with Crippen molar-refractivity contribution in [2.45, 2.75) is 0 Å². The molecule has 4 heterocycles. The van der Waals surface area contributed by atoms with E-state index in [1.165, 1.54) is 25.6 Å². The third-order valence-electron chi connectivity index (χ3n) is 9.63. The predicted molar refractivity (Wildman–Crippen MR) is 201 cm³/mol. The summed E-state index contributed by atoms with van der Waals surface area (Å²) in [5, 5.41) is 25.0. The van der Waals surface area contributed by atoms with Crippen molar-refractivity contribution < 1.29 is 0 Å². The largest absolute Gasteiger partial charge is 0.309 e. The second kappa shape index (κ2) is 10.4. The van der Waals surface area contributed by atoms with Crippen LogP contribution in [0.2, 0.25) is 0 Å². The molecule has 0 amide bonds. The minimum Gasteiger partial charge on any atom is -0.309 e. The average molecular weight is 642 g/mol. The molecule has 0 N–H and O–H groups in total. The molecule has 0 spiro atoms. The quantitative estimate of drug-likeness (QED) is 0.193. The second-order valence-electron chi connectivity index (χ2n) is 12.2. The molecule has 0 saturated heterocycles.